The van der Waals surface area contributed by atoms with Gasteiger partial charge in [-0.25, -0.2) is 0 Å². The monoisotopic (exact) mass is 355 g/mol. The third kappa shape index (κ3) is 2.16. The summed E-state index contributed by atoms with van der Waals surface area (Å²) in [7, 11) is 0. The first-order valence-corrected chi connectivity index (χ1v) is 8.83. The van der Waals surface area contributed by atoms with E-state index < -0.39 is 0 Å². The van der Waals surface area contributed by atoms with E-state index in [2.05, 4.69) is 17.4 Å². The fraction of sp³-hybridized carbons (Fsp3) is 0. The van der Waals surface area contributed by atoms with Crippen molar-refractivity contribution in [3.63, 3.8) is 0 Å². The molecule has 0 aliphatic heterocycles. The molecular formula is C23H14ClNO. The molecule has 4 aromatic carbocycles. The van der Waals surface area contributed by atoms with Gasteiger partial charge in [-0.05, 0) is 29.1 Å². The summed E-state index contributed by atoms with van der Waals surface area (Å²) in [5.74, 6) is 0.0727. The zero-order chi connectivity index (χ0) is 17.7. The van der Waals surface area contributed by atoms with E-state index in [-0.39, 0.29) is 5.78 Å². The molecule has 0 heterocycles. The second-order valence-electron chi connectivity index (χ2n) is 6.37. The van der Waals surface area contributed by atoms with Gasteiger partial charge in [-0.15, -0.1) is 0 Å². The van der Waals surface area contributed by atoms with Crippen molar-refractivity contribution in [2.75, 3.05) is 5.32 Å². The summed E-state index contributed by atoms with van der Waals surface area (Å²) in [5, 5.41) is 6.19. The zero-order valence-corrected chi connectivity index (χ0v) is 14.5. The van der Waals surface area contributed by atoms with Crippen LogP contribution in [0.1, 0.15) is 15.9 Å². The van der Waals surface area contributed by atoms with Crippen molar-refractivity contribution in [2.45, 2.75) is 0 Å². The number of para-hydroxylation sites is 1. The SMILES string of the molecule is O=C1c2ccccc2-c2c1cc(Nc1ccccc1Cl)c1ccccc21. The lowest BCUT2D eigenvalue weighted by Gasteiger charge is -2.14. The van der Waals surface area contributed by atoms with Crippen molar-refractivity contribution in [3.05, 3.63) is 95.0 Å². The molecule has 0 amide bonds. The van der Waals surface area contributed by atoms with Gasteiger partial charge in [-0.2, -0.15) is 0 Å². The van der Waals surface area contributed by atoms with Crippen molar-refractivity contribution >= 4 is 39.5 Å². The third-order valence-electron chi connectivity index (χ3n) is 4.87. The molecule has 0 radical (unpaired) electrons. The molecule has 1 N–H and O–H groups in total. The van der Waals surface area contributed by atoms with E-state index in [4.69, 9.17) is 11.6 Å². The van der Waals surface area contributed by atoms with Crippen LogP contribution in [0.15, 0.2) is 78.9 Å². The number of hydrogen-bond acceptors (Lipinski definition) is 2. The fourth-order valence-corrected chi connectivity index (χ4v) is 3.88. The molecule has 5 rings (SSSR count). The summed E-state index contributed by atoms with van der Waals surface area (Å²) in [6.07, 6.45) is 0. The van der Waals surface area contributed by atoms with Crippen LogP contribution in [0.3, 0.4) is 0 Å². The first-order valence-electron chi connectivity index (χ1n) is 8.45. The van der Waals surface area contributed by atoms with Crippen LogP contribution in [-0.2, 0) is 0 Å². The van der Waals surface area contributed by atoms with E-state index in [1.807, 2.05) is 66.7 Å². The predicted molar refractivity (Wildman–Crippen MR) is 108 cm³/mol. The Morgan fingerprint density at radius 1 is 0.654 bits per heavy atom. The first-order chi connectivity index (χ1) is 12.7. The highest BCUT2D eigenvalue weighted by molar-refractivity contribution is 6.33. The van der Waals surface area contributed by atoms with Crippen LogP contribution in [0.5, 0.6) is 0 Å². The van der Waals surface area contributed by atoms with Crippen molar-refractivity contribution in [1.82, 2.24) is 0 Å². The van der Waals surface area contributed by atoms with Gasteiger partial charge in [0.25, 0.3) is 0 Å². The van der Waals surface area contributed by atoms with Crippen molar-refractivity contribution in [1.29, 1.82) is 0 Å². The summed E-state index contributed by atoms with van der Waals surface area (Å²) in [6.45, 7) is 0. The van der Waals surface area contributed by atoms with Crippen LogP contribution >= 0.6 is 11.6 Å². The summed E-state index contributed by atoms with van der Waals surface area (Å²) in [5.41, 5.74) is 5.23. The second-order valence-corrected chi connectivity index (χ2v) is 6.78. The summed E-state index contributed by atoms with van der Waals surface area (Å²) in [6, 6.07) is 25.5. The molecule has 124 valence electrons. The fourth-order valence-electron chi connectivity index (χ4n) is 3.70. The largest absolute Gasteiger partial charge is 0.354 e. The Labute approximate surface area is 156 Å². The molecule has 0 fully saturated rings. The van der Waals surface area contributed by atoms with Crippen molar-refractivity contribution < 1.29 is 4.79 Å². The Balaban J connectivity index is 1.79. The van der Waals surface area contributed by atoms with Crippen molar-refractivity contribution in [3.8, 4) is 11.1 Å². The van der Waals surface area contributed by atoms with Gasteiger partial charge in [0.15, 0.2) is 5.78 Å². The van der Waals surface area contributed by atoms with Gasteiger partial charge < -0.3 is 5.32 Å². The van der Waals surface area contributed by atoms with Gasteiger partial charge in [0, 0.05) is 27.8 Å². The Bertz CT molecular complexity index is 1200. The van der Waals surface area contributed by atoms with E-state index in [1.165, 1.54) is 0 Å². The standard InChI is InChI=1S/C23H14ClNO/c24-19-11-5-6-12-20(19)25-21-13-18-22(15-8-2-1-7-14(15)21)16-9-3-4-10-17(16)23(18)26/h1-13,25H. The minimum absolute atomic E-state index is 0.0727. The average Bonchev–Trinajstić information content (AvgIpc) is 2.97. The van der Waals surface area contributed by atoms with E-state index in [0.717, 1.165) is 44.4 Å². The Morgan fingerprint density at radius 2 is 1.31 bits per heavy atom. The highest BCUT2D eigenvalue weighted by Gasteiger charge is 2.29. The summed E-state index contributed by atoms with van der Waals surface area (Å²) >= 11 is 6.31. The first kappa shape index (κ1) is 15.2. The number of halogens is 1. The molecule has 2 nitrogen and oxygen atoms in total. The van der Waals surface area contributed by atoms with Crippen LogP contribution in [-0.4, -0.2) is 5.78 Å². The molecule has 0 saturated heterocycles. The molecule has 4 aromatic rings. The Hall–Kier alpha value is -3.10. The van der Waals surface area contributed by atoms with Gasteiger partial charge in [-0.1, -0.05) is 72.3 Å². The molecule has 0 bridgehead atoms. The van der Waals surface area contributed by atoms with Gasteiger partial charge in [0.1, 0.15) is 0 Å². The molecule has 1 aliphatic rings. The van der Waals surface area contributed by atoms with Crippen LogP contribution in [0.25, 0.3) is 21.9 Å². The number of ketones is 1. The van der Waals surface area contributed by atoms with Crippen molar-refractivity contribution in [2.24, 2.45) is 0 Å². The van der Waals surface area contributed by atoms with E-state index in [1.54, 1.807) is 0 Å². The molecule has 1 aliphatic carbocycles. The van der Waals surface area contributed by atoms with Gasteiger partial charge >= 0.3 is 0 Å². The Morgan fingerprint density at radius 3 is 2.12 bits per heavy atom. The normalized spacial score (nSPS) is 12.1. The maximum atomic E-state index is 12.9. The van der Waals surface area contributed by atoms with Gasteiger partial charge in [-0.3, -0.25) is 4.79 Å². The zero-order valence-electron chi connectivity index (χ0n) is 13.8. The molecule has 0 saturated carbocycles. The number of fused-ring (bicyclic) bond motifs is 5. The van der Waals surface area contributed by atoms with Crippen LogP contribution in [0.4, 0.5) is 11.4 Å². The van der Waals surface area contributed by atoms with Crippen LogP contribution in [0, 0.1) is 0 Å². The lowest BCUT2D eigenvalue weighted by atomic mass is 9.96. The van der Waals surface area contributed by atoms with Crippen LogP contribution in [0.2, 0.25) is 5.02 Å². The summed E-state index contributed by atoms with van der Waals surface area (Å²) < 4.78 is 0. The third-order valence-corrected chi connectivity index (χ3v) is 5.20. The van der Waals surface area contributed by atoms with E-state index in [9.17, 15) is 4.79 Å². The maximum Gasteiger partial charge on any atom is 0.194 e. The maximum absolute atomic E-state index is 12.9. The lowest BCUT2D eigenvalue weighted by Crippen LogP contribution is -1.98. The molecule has 0 aromatic heterocycles. The van der Waals surface area contributed by atoms with Gasteiger partial charge in [0.2, 0.25) is 0 Å². The highest BCUT2D eigenvalue weighted by atomic mass is 35.5. The number of benzene rings is 4. The molecular weight excluding hydrogens is 342 g/mol. The summed E-state index contributed by atoms with van der Waals surface area (Å²) in [4.78, 5) is 12.9. The molecule has 0 unspecified atom stereocenters. The topological polar surface area (TPSA) is 29.1 Å². The molecule has 0 spiro atoms. The van der Waals surface area contributed by atoms with E-state index in [0.29, 0.717) is 5.02 Å². The number of hydrogen-bond donors (Lipinski definition) is 1. The minimum atomic E-state index is 0.0727. The number of nitrogens with one attached hydrogen (secondary N) is 1. The number of anilines is 2. The predicted octanol–water partition coefficient (Wildman–Crippen LogP) is 6.45. The second kappa shape index (κ2) is 5.72. The quantitative estimate of drug-likeness (QED) is 0.394. The Kier molecular flexibility index (Phi) is 3.34. The van der Waals surface area contributed by atoms with E-state index >= 15 is 0 Å². The molecule has 26 heavy (non-hydrogen) atoms. The highest BCUT2D eigenvalue weighted by Crippen LogP contribution is 2.44. The smallest absolute Gasteiger partial charge is 0.194 e. The number of carbonyl (C=O) groups excluding carboxylic acids is 1. The average molecular weight is 356 g/mol. The van der Waals surface area contributed by atoms with Crippen LogP contribution < -0.4 is 5.32 Å². The minimum Gasteiger partial charge on any atom is -0.354 e. The number of carbonyl (C=O) groups is 1. The molecule has 3 heteroatoms. The lowest BCUT2D eigenvalue weighted by molar-refractivity contribution is 0.104. The molecule has 0 atom stereocenters. The number of rotatable bonds is 2. The van der Waals surface area contributed by atoms with Gasteiger partial charge in [0.05, 0.1) is 10.7 Å².